The molecule has 0 saturated carbocycles. The number of amides is 1. The van der Waals surface area contributed by atoms with Crippen molar-refractivity contribution in [2.75, 3.05) is 24.8 Å². The molecule has 7 nitrogen and oxygen atoms in total. The van der Waals surface area contributed by atoms with Crippen LogP contribution in [0.1, 0.15) is 30.1 Å². The van der Waals surface area contributed by atoms with Crippen LogP contribution in [0.3, 0.4) is 0 Å². The SMILES string of the molecule is CCCCOCC(=O)Nc1cc(C(=O)O)cc(S(C)(=O)=O)c1. The van der Waals surface area contributed by atoms with Gasteiger partial charge in [-0.1, -0.05) is 13.3 Å². The Morgan fingerprint density at radius 2 is 1.95 bits per heavy atom. The third kappa shape index (κ3) is 5.82. The van der Waals surface area contributed by atoms with Crippen LogP contribution in [0.25, 0.3) is 0 Å². The van der Waals surface area contributed by atoms with E-state index in [9.17, 15) is 18.0 Å². The van der Waals surface area contributed by atoms with Crippen molar-refractivity contribution in [2.24, 2.45) is 0 Å². The molecule has 0 fully saturated rings. The van der Waals surface area contributed by atoms with Crippen molar-refractivity contribution in [1.82, 2.24) is 0 Å². The number of benzene rings is 1. The Balaban J connectivity index is 2.88. The van der Waals surface area contributed by atoms with Crippen molar-refractivity contribution in [2.45, 2.75) is 24.7 Å². The van der Waals surface area contributed by atoms with E-state index in [0.29, 0.717) is 6.61 Å². The predicted molar refractivity (Wildman–Crippen MR) is 80.9 cm³/mol. The summed E-state index contributed by atoms with van der Waals surface area (Å²) < 4.78 is 28.3. The van der Waals surface area contributed by atoms with Gasteiger partial charge in [-0.05, 0) is 24.6 Å². The summed E-state index contributed by atoms with van der Waals surface area (Å²) in [5.41, 5.74) is -0.116. The number of hydrogen-bond donors (Lipinski definition) is 2. The van der Waals surface area contributed by atoms with Gasteiger partial charge in [-0.3, -0.25) is 4.79 Å². The van der Waals surface area contributed by atoms with E-state index in [2.05, 4.69) is 5.32 Å². The van der Waals surface area contributed by atoms with E-state index in [-0.39, 0.29) is 22.8 Å². The van der Waals surface area contributed by atoms with E-state index in [1.165, 1.54) is 12.1 Å². The second kappa shape index (κ2) is 7.90. The summed E-state index contributed by atoms with van der Waals surface area (Å²) in [7, 11) is -3.59. The van der Waals surface area contributed by atoms with Crippen LogP contribution in [0, 0.1) is 0 Å². The quantitative estimate of drug-likeness (QED) is 0.700. The Labute approximate surface area is 129 Å². The summed E-state index contributed by atoms with van der Waals surface area (Å²) >= 11 is 0. The van der Waals surface area contributed by atoms with Crippen LogP contribution in [0.4, 0.5) is 5.69 Å². The Hall–Kier alpha value is -1.93. The lowest BCUT2D eigenvalue weighted by molar-refractivity contribution is -0.120. The van der Waals surface area contributed by atoms with Gasteiger partial charge in [-0.25, -0.2) is 13.2 Å². The van der Waals surface area contributed by atoms with E-state index in [4.69, 9.17) is 9.84 Å². The first kappa shape index (κ1) is 18.1. The maximum Gasteiger partial charge on any atom is 0.335 e. The molecule has 0 saturated heterocycles. The number of aromatic carboxylic acids is 1. The lowest BCUT2D eigenvalue weighted by atomic mass is 10.2. The number of carboxylic acids is 1. The fraction of sp³-hybridized carbons (Fsp3) is 0.429. The zero-order chi connectivity index (χ0) is 16.8. The van der Waals surface area contributed by atoms with Gasteiger partial charge >= 0.3 is 5.97 Å². The number of rotatable bonds is 8. The molecule has 22 heavy (non-hydrogen) atoms. The lowest BCUT2D eigenvalue weighted by Gasteiger charge is -2.09. The van der Waals surface area contributed by atoms with Crippen LogP contribution in [-0.2, 0) is 19.4 Å². The normalized spacial score (nSPS) is 11.2. The highest BCUT2D eigenvalue weighted by Crippen LogP contribution is 2.19. The maximum absolute atomic E-state index is 11.7. The number of unbranched alkanes of at least 4 members (excludes halogenated alkanes) is 1. The van der Waals surface area contributed by atoms with E-state index < -0.39 is 21.7 Å². The van der Waals surface area contributed by atoms with E-state index >= 15 is 0 Å². The summed E-state index contributed by atoms with van der Waals surface area (Å²) in [6.07, 6.45) is 2.74. The van der Waals surface area contributed by atoms with Crippen LogP contribution in [0.2, 0.25) is 0 Å². The van der Waals surface area contributed by atoms with Crippen molar-refractivity contribution >= 4 is 27.4 Å². The van der Waals surface area contributed by atoms with Gasteiger partial charge in [0.25, 0.3) is 0 Å². The monoisotopic (exact) mass is 329 g/mol. The van der Waals surface area contributed by atoms with Crippen LogP contribution >= 0.6 is 0 Å². The Bertz CT molecular complexity index is 653. The summed E-state index contributed by atoms with van der Waals surface area (Å²) in [5.74, 6) is -1.75. The molecule has 0 heterocycles. The molecule has 0 aliphatic heterocycles. The number of carboxylic acid groups (broad SMARTS) is 1. The number of ether oxygens (including phenoxy) is 1. The number of carbonyl (C=O) groups is 2. The summed E-state index contributed by atoms with van der Waals surface area (Å²) in [5, 5.41) is 11.4. The van der Waals surface area contributed by atoms with Crippen LogP contribution in [0.15, 0.2) is 23.1 Å². The van der Waals surface area contributed by atoms with Gasteiger partial charge in [0, 0.05) is 18.6 Å². The molecule has 0 unspecified atom stereocenters. The highest BCUT2D eigenvalue weighted by atomic mass is 32.2. The van der Waals surface area contributed by atoms with E-state index in [0.717, 1.165) is 25.2 Å². The third-order valence-electron chi connectivity index (χ3n) is 2.74. The molecule has 0 atom stereocenters. The predicted octanol–water partition coefficient (Wildman–Crippen LogP) is 1.54. The van der Waals surface area contributed by atoms with Gasteiger partial charge in [0.05, 0.1) is 10.5 Å². The minimum absolute atomic E-state index is 0.101. The molecular formula is C14H19NO6S. The largest absolute Gasteiger partial charge is 0.478 e. The fourth-order valence-electron chi connectivity index (χ4n) is 1.62. The van der Waals surface area contributed by atoms with Crippen molar-refractivity contribution in [3.05, 3.63) is 23.8 Å². The average molecular weight is 329 g/mol. The van der Waals surface area contributed by atoms with Crippen LogP contribution < -0.4 is 5.32 Å². The standard InChI is InChI=1S/C14H19NO6S/c1-3-4-5-21-9-13(16)15-11-6-10(14(17)18)7-12(8-11)22(2,19)20/h6-8H,3-5,9H2,1-2H3,(H,15,16)(H,17,18). The van der Waals surface area contributed by atoms with Gasteiger partial charge in [0.15, 0.2) is 9.84 Å². The first-order valence-corrected chi connectivity index (χ1v) is 8.59. The first-order valence-electron chi connectivity index (χ1n) is 6.70. The number of anilines is 1. The van der Waals surface area contributed by atoms with Crippen molar-refractivity contribution in [3.8, 4) is 0 Å². The molecule has 1 aromatic carbocycles. The highest BCUT2D eigenvalue weighted by Gasteiger charge is 2.14. The lowest BCUT2D eigenvalue weighted by Crippen LogP contribution is -2.19. The number of sulfone groups is 1. The minimum Gasteiger partial charge on any atom is -0.478 e. The van der Waals surface area contributed by atoms with Gasteiger partial charge in [0.2, 0.25) is 5.91 Å². The maximum atomic E-state index is 11.7. The van der Waals surface area contributed by atoms with Gasteiger partial charge < -0.3 is 15.2 Å². The second-order valence-corrected chi connectivity index (χ2v) is 6.79. The van der Waals surface area contributed by atoms with E-state index in [1.54, 1.807) is 0 Å². The fourth-order valence-corrected chi connectivity index (χ4v) is 2.30. The number of nitrogens with one attached hydrogen (secondary N) is 1. The second-order valence-electron chi connectivity index (χ2n) is 4.78. The summed E-state index contributed by atoms with van der Waals surface area (Å²) in [6.45, 7) is 2.27. The van der Waals surface area contributed by atoms with Crippen molar-refractivity contribution < 1.29 is 27.9 Å². The minimum atomic E-state index is -3.59. The number of carbonyl (C=O) groups excluding carboxylic acids is 1. The molecule has 0 spiro atoms. The van der Waals surface area contributed by atoms with Crippen molar-refractivity contribution in [3.63, 3.8) is 0 Å². The molecular weight excluding hydrogens is 310 g/mol. The topological polar surface area (TPSA) is 110 Å². The Morgan fingerprint density at radius 3 is 2.50 bits per heavy atom. The Morgan fingerprint density at radius 1 is 1.27 bits per heavy atom. The molecule has 8 heteroatoms. The van der Waals surface area contributed by atoms with Crippen LogP contribution in [-0.4, -0.2) is 44.9 Å². The van der Waals surface area contributed by atoms with Crippen LogP contribution in [0.5, 0.6) is 0 Å². The molecule has 1 amide bonds. The molecule has 0 aliphatic carbocycles. The molecule has 0 aliphatic rings. The average Bonchev–Trinajstić information content (AvgIpc) is 2.42. The summed E-state index contributed by atoms with van der Waals surface area (Å²) in [4.78, 5) is 22.5. The van der Waals surface area contributed by atoms with Crippen molar-refractivity contribution in [1.29, 1.82) is 0 Å². The Kier molecular flexibility index (Phi) is 6.51. The molecule has 0 bridgehead atoms. The molecule has 1 rings (SSSR count). The van der Waals surface area contributed by atoms with Gasteiger partial charge in [-0.15, -0.1) is 0 Å². The zero-order valence-corrected chi connectivity index (χ0v) is 13.3. The zero-order valence-electron chi connectivity index (χ0n) is 12.5. The molecule has 0 radical (unpaired) electrons. The molecule has 2 N–H and O–H groups in total. The highest BCUT2D eigenvalue weighted by molar-refractivity contribution is 7.90. The number of hydrogen-bond acceptors (Lipinski definition) is 5. The smallest absolute Gasteiger partial charge is 0.335 e. The molecule has 0 aromatic heterocycles. The third-order valence-corrected chi connectivity index (χ3v) is 3.83. The summed E-state index contributed by atoms with van der Waals surface area (Å²) in [6, 6.07) is 3.46. The van der Waals surface area contributed by atoms with E-state index in [1.807, 2.05) is 6.92 Å². The first-order chi connectivity index (χ1) is 10.2. The molecule has 1 aromatic rings. The van der Waals surface area contributed by atoms with Gasteiger partial charge in [-0.2, -0.15) is 0 Å². The van der Waals surface area contributed by atoms with Gasteiger partial charge in [0.1, 0.15) is 6.61 Å². The molecule has 122 valence electrons.